The van der Waals surface area contributed by atoms with Gasteiger partial charge in [-0.2, -0.15) is 4.98 Å². The van der Waals surface area contributed by atoms with E-state index in [0.717, 1.165) is 0 Å². The number of aliphatic hydroxyl groups is 3. The molecule has 0 radical (unpaired) electrons. The molecule has 2 aromatic rings. The second kappa shape index (κ2) is 6.35. The van der Waals surface area contributed by atoms with Crippen LogP contribution in [0, 0.1) is 0 Å². The van der Waals surface area contributed by atoms with E-state index in [1.807, 2.05) is 4.90 Å². The van der Waals surface area contributed by atoms with Gasteiger partial charge in [-0.1, -0.05) is 0 Å². The number of aromatic nitrogens is 4. The van der Waals surface area contributed by atoms with Crippen LogP contribution in [0.5, 0.6) is 5.88 Å². The quantitative estimate of drug-likeness (QED) is 0.487. The van der Waals surface area contributed by atoms with Gasteiger partial charge in [-0.05, 0) is 0 Å². The van der Waals surface area contributed by atoms with Crippen molar-refractivity contribution in [1.82, 2.24) is 19.5 Å². The minimum Gasteiger partial charge on any atom is -0.492 e. The van der Waals surface area contributed by atoms with E-state index in [1.54, 1.807) is 0 Å². The summed E-state index contributed by atoms with van der Waals surface area (Å²) in [5.41, 5.74) is 0.436. The molecule has 0 aliphatic carbocycles. The third-order valence-electron chi connectivity index (χ3n) is 4.50. The first-order valence-corrected chi connectivity index (χ1v) is 7.99. The number of hydrogen-bond acceptors (Lipinski definition) is 10. The van der Waals surface area contributed by atoms with Crippen LogP contribution in [0.4, 0.5) is 5.95 Å². The molecule has 2 aliphatic heterocycles. The lowest BCUT2D eigenvalue weighted by Gasteiger charge is -2.30. The predicted molar refractivity (Wildman–Crippen MR) is 83.0 cm³/mol. The average molecular weight is 353 g/mol. The lowest BCUT2D eigenvalue weighted by molar-refractivity contribution is -0.0506. The first kappa shape index (κ1) is 16.4. The molecular formula is C14H19N5O6. The van der Waals surface area contributed by atoms with Crippen molar-refractivity contribution in [2.45, 2.75) is 24.5 Å². The van der Waals surface area contributed by atoms with Crippen LogP contribution in [-0.2, 0) is 9.47 Å². The molecule has 136 valence electrons. The lowest BCUT2D eigenvalue weighted by atomic mass is 10.1. The zero-order valence-corrected chi connectivity index (χ0v) is 13.3. The van der Waals surface area contributed by atoms with E-state index >= 15 is 0 Å². The van der Waals surface area contributed by atoms with Crippen LogP contribution in [0.2, 0.25) is 0 Å². The summed E-state index contributed by atoms with van der Waals surface area (Å²) in [6.07, 6.45) is -3.29. The maximum atomic E-state index is 10.4. The minimum absolute atomic E-state index is 0.168. The SMILES string of the molecule is OC[C@H]1O[C@@H](n2c(N3CCOCC3)nc3c(O)ncnc32)[C@H](O)[C@@H]1O. The number of fused-ring (bicyclic) bond motifs is 1. The number of imidazole rings is 1. The molecule has 4 rings (SSSR count). The van der Waals surface area contributed by atoms with Crippen LogP contribution in [0.25, 0.3) is 11.2 Å². The van der Waals surface area contributed by atoms with Crippen molar-refractivity contribution in [2.75, 3.05) is 37.8 Å². The summed E-state index contributed by atoms with van der Waals surface area (Å²) < 4.78 is 12.5. The summed E-state index contributed by atoms with van der Waals surface area (Å²) in [6, 6.07) is 0. The van der Waals surface area contributed by atoms with E-state index in [1.165, 1.54) is 10.9 Å². The summed E-state index contributed by atoms with van der Waals surface area (Å²) in [6.45, 7) is 1.71. The number of aromatic hydroxyl groups is 1. The van der Waals surface area contributed by atoms with Crippen LogP contribution >= 0.6 is 0 Å². The molecular weight excluding hydrogens is 334 g/mol. The summed E-state index contributed by atoms with van der Waals surface area (Å²) in [5.74, 6) is 0.133. The van der Waals surface area contributed by atoms with E-state index < -0.39 is 31.1 Å². The summed E-state index contributed by atoms with van der Waals surface area (Å²) in [4.78, 5) is 14.2. The molecule has 2 aromatic heterocycles. The zero-order chi connectivity index (χ0) is 17.6. The van der Waals surface area contributed by atoms with Gasteiger partial charge in [0.1, 0.15) is 24.6 Å². The number of morpholine rings is 1. The fourth-order valence-electron chi connectivity index (χ4n) is 3.20. The second-order valence-electron chi connectivity index (χ2n) is 5.98. The minimum atomic E-state index is -1.29. The van der Waals surface area contributed by atoms with Crippen LogP contribution in [-0.4, -0.2) is 91.2 Å². The highest BCUT2D eigenvalue weighted by molar-refractivity contribution is 5.79. The maximum absolute atomic E-state index is 10.4. The molecule has 4 N–H and O–H groups in total. The van der Waals surface area contributed by atoms with Crippen LogP contribution in [0.3, 0.4) is 0 Å². The smallest absolute Gasteiger partial charge is 0.243 e. The Hall–Kier alpha value is -2.05. The Bertz CT molecular complexity index is 763. The molecule has 0 spiro atoms. The lowest BCUT2D eigenvalue weighted by Crippen LogP contribution is -2.39. The van der Waals surface area contributed by atoms with Crippen molar-refractivity contribution in [1.29, 1.82) is 0 Å². The van der Waals surface area contributed by atoms with E-state index in [2.05, 4.69) is 15.0 Å². The van der Waals surface area contributed by atoms with Gasteiger partial charge in [0.25, 0.3) is 0 Å². The first-order valence-electron chi connectivity index (χ1n) is 7.99. The number of hydrogen-bond donors (Lipinski definition) is 4. The molecule has 25 heavy (non-hydrogen) atoms. The Kier molecular flexibility index (Phi) is 4.17. The molecule has 0 aromatic carbocycles. The van der Waals surface area contributed by atoms with Gasteiger partial charge in [-0.25, -0.2) is 9.97 Å². The normalized spacial score (nSPS) is 30.3. The second-order valence-corrected chi connectivity index (χ2v) is 5.98. The van der Waals surface area contributed by atoms with E-state index in [9.17, 15) is 20.4 Å². The first-order chi connectivity index (χ1) is 12.1. The van der Waals surface area contributed by atoms with Gasteiger partial charge in [0, 0.05) is 13.1 Å². The van der Waals surface area contributed by atoms with Gasteiger partial charge >= 0.3 is 0 Å². The van der Waals surface area contributed by atoms with Crippen LogP contribution < -0.4 is 4.90 Å². The van der Waals surface area contributed by atoms with Gasteiger partial charge in [0.2, 0.25) is 11.8 Å². The topological polar surface area (TPSA) is 146 Å². The predicted octanol–water partition coefficient (Wildman–Crippen LogP) is -2.02. The Labute approximate surface area is 142 Å². The number of nitrogens with zero attached hydrogens (tertiary/aromatic N) is 5. The average Bonchev–Trinajstić information content (AvgIpc) is 3.15. The van der Waals surface area contributed by atoms with Crippen LogP contribution in [0.1, 0.15) is 6.23 Å². The van der Waals surface area contributed by atoms with Crippen LogP contribution in [0.15, 0.2) is 6.33 Å². The van der Waals surface area contributed by atoms with Gasteiger partial charge in [0.05, 0.1) is 19.8 Å². The number of aliphatic hydroxyl groups excluding tert-OH is 3. The molecule has 2 saturated heterocycles. The summed E-state index contributed by atoms with van der Waals surface area (Å²) >= 11 is 0. The molecule has 4 heterocycles. The number of ether oxygens (including phenoxy) is 2. The van der Waals surface area contributed by atoms with E-state index in [4.69, 9.17) is 9.47 Å². The van der Waals surface area contributed by atoms with Crippen molar-refractivity contribution >= 4 is 17.1 Å². The number of rotatable bonds is 3. The highest BCUT2D eigenvalue weighted by atomic mass is 16.6. The molecule has 0 amide bonds. The van der Waals surface area contributed by atoms with E-state index in [0.29, 0.717) is 32.3 Å². The third kappa shape index (κ3) is 2.60. The molecule has 2 fully saturated rings. The maximum Gasteiger partial charge on any atom is 0.243 e. The molecule has 0 saturated carbocycles. The molecule has 11 nitrogen and oxygen atoms in total. The van der Waals surface area contributed by atoms with Crippen molar-refractivity contribution in [2.24, 2.45) is 0 Å². The third-order valence-corrected chi connectivity index (χ3v) is 4.50. The fraction of sp³-hybridized carbons (Fsp3) is 0.643. The Balaban J connectivity index is 1.84. The van der Waals surface area contributed by atoms with Gasteiger partial charge in [-0.3, -0.25) is 4.57 Å². The molecule has 0 unspecified atom stereocenters. The largest absolute Gasteiger partial charge is 0.492 e. The Morgan fingerprint density at radius 1 is 1.16 bits per heavy atom. The highest BCUT2D eigenvalue weighted by Gasteiger charge is 2.45. The van der Waals surface area contributed by atoms with Gasteiger partial charge < -0.3 is 34.8 Å². The van der Waals surface area contributed by atoms with Crippen molar-refractivity contribution in [3.63, 3.8) is 0 Å². The summed E-state index contributed by atoms with van der Waals surface area (Å²) in [7, 11) is 0. The van der Waals surface area contributed by atoms with Gasteiger partial charge in [-0.15, -0.1) is 0 Å². The molecule has 11 heteroatoms. The van der Waals surface area contributed by atoms with Gasteiger partial charge in [0.15, 0.2) is 17.4 Å². The van der Waals surface area contributed by atoms with Crippen molar-refractivity contribution < 1.29 is 29.9 Å². The fourth-order valence-corrected chi connectivity index (χ4v) is 3.20. The number of anilines is 1. The standard InChI is InChI=1S/C14H19N5O6/c20-5-7-9(21)10(22)13(25-7)19-11-8(12(23)16-6-15-11)17-14(19)18-1-3-24-4-2-18/h6-7,9-10,13,20-22H,1-5H2,(H,15,16,23)/t7-,9-,10-,13-/m1/s1. The van der Waals surface area contributed by atoms with Crippen molar-refractivity contribution in [3.05, 3.63) is 6.33 Å². The molecule has 2 aliphatic rings. The highest BCUT2D eigenvalue weighted by Crippen LogP contribution is 2.36. The Morgan fingerprint density at radius 3 is 2.60 bits per heavy atom. The summed E-state index contributed by atoms with van der Waals surface area (Å²) in [5, 5.41) is 39.8. The van der Waals surface area contributed by atoms with E-state index in [-0.39, 0.29) is 17.0 Å². The molecule has 4 atom stereocenters. The zero-order valence-electron chi connectivity index (χ0n) is 13.3. The monoisotopic (exact) mass is 353 g/mol. The van der Waals surface area contributed by atoms with Crippen molar-refractivity contribution in [3.8, 4) is 5.88 Å². The molecule has 0 bridgehead atoms. The Morgan fingerprint density at radius 2 is 1.92 bits per heavy atom.